The first-order valence-electron chi connectivity index (χ1n) is 3.87. The second kappa shape index (κ2) is 3.76. The zero-order chi connectivity index (χ0) is 9.84. The average molecular weight is 177 g/mol. The number of aliphatic hydroxyl groups excluding tert-OH is 1. The molecule has 1 aromatic carbocycles. The molecule has 3 heteroatoms. The third-order valence-corrected chi connectivity index (χ3v) is 1.70. The summed E-state index contributed by atoms with van der Waals surface area (Å²) >= 11 is 0. The number of benzene rings is 1. The van der Waals surface area contributed by atoms with Crippen LogP contribution in [-0.2, 0) is 4.79 Å². The van der Waals surface area contributed by atoms with Crippen molar-refractivity contribution in [2.75, 3.05) is 0 Å². The summed E-state index contributed by atoms with van der Waals surface area (Å²) in [5.74, 6) is -0.744. The van der Waals surface area contributed by atoms with E-state index in [1.54, 1.807) is 12.1 Å². The first-order valence-corrected chi connectivity index (χ1v) is 3.87. The molecule has 68 valence electrons. The zero-order valence-corrected chi connectivity index (χ0v) is 7.32. The van der Waals surface area contributed by atoms with E-state index in [1.165, 1.54) is 0 Å². The van der Waals surface area contributed by atoms with Gasteiger partial charge in [0.1, 0.15) is 5.76 Å². The molecule has 1 amide bonds. The van der Waals surface area contributed by atoms with E-state index in [9.17, 15) is 9.90 Å². The van der Waals surface area contributed by atoms with Crippen LogP contribution in [0.4, 0.5) is 0 Å². The number of aliphatic hydroxyl groups is 1. The van der Waals surface area contributed by atoms with Crippen LogP contribution >= 0.6 is 0 Å². The molecule has 0 spiro atoms. The standard InChI is InChI=1S/C10H11NO2/c1-7-4-2-3-5-8(7)9(12)6-10(11)13/h2-6,12H,1H3,(H2,11,13)/b9-6-. The smallest absolute Gasteiger partial charge is 0.245 e. The summed E-state index contributed by atoms with van der Waals surface area (Å²) in [6, 6.07) is 7.22. The van der Waals surface area contributed by atoms with Gasteiger partial charge in [-0.15, -0.1) is 0 Å². The zero-order valence-electron chi connectivity index (χ0n) is 7.32. The van der Waals surface area contributed by atoms with Crippen LogP contribution in [0.1, 0.15) is 11.1 Å². The van der Waals surface area contributed by atoms with Crippen molar-refractivity contribution >= 4 is 11.7 Å². The molecule has 0 aliphatic carbocycles. The van der Waals surface area contributed by atoms with Gasteiger partial charge in [-0.2, -0.15) is 0 Å². The SMILES string of the molecule is Cc1ccccc1/C(O)=C/C(N)=O. The fourth-order valence-corrected chi connectivity index (χ4v) is 1.07. The summed E-state index contributed by atoms with van der Waals surface area (Å²) in [4.78, 5) is 10.5. The number of aryl methyl sites for hydroxylation is 1. The second-order valence-corrected chi connectivity index (χ2v) is 2.75. The molecule has 3 nitrogen and oxygen atoms in total. The van der Waals surface area contributed by atoms with Crippen LogP contribution in [-0.4, -0.2) is 11.0 Å². The van der Waals surface area contributed by atoms with Crippen LogP contribution < -0.4 is 5.73 Å². The van der Waals surface area contributed by atoms with Gasteiger partial charge >= 0.3 is 0 Å². The van der Waals surface area contributed by atoms with Gasteiger partial charge in [-0.1, -0.05) is 24.3 Å². The molecule has 1 aromatic rings. The Morgan fingerprint density at radius 3 is 2.62 bits per heavy atom. The monoisotopic (exact) mass is 177 g/mol. The van der Waals surface area contributed by atoms with Gasteiger partial charge in [0, 0.05) is 11.6 Å². The quantitative estimate of drug-likeness (QED) is 0.529. The number of amides is 1. The van der Waals surface area contributed by atoms with Crippen LogP contribution in [0.3, 0.4) is 0 Å². The second-order valence-electron chi connectivity index (χ2n) is 2.75. The van der Waals surface area contributed by atoms with E-state index in [2.05, 4.69) is 0 Å². The third-order valence-electron chi connectivity index (χ3n) is 1.70. The molecule has 0 radical (unpaired) electrons. The summed E-state index contributed by atoms with van der Waals surface area (Å²) in [6.45, 7) is 1.85. The largest absolute Gasteiger partial charge is 0.507 e. The lowest BCUT2D eigenvalue weighted by Gasteiger charge is -2.02. The summed E-state index contributed by atoms with van der Waals surface area (Å²) in [6.07, 6.45) is 1.00. The van der Waals surface area contributed by atoms with Crippen molar-refractivity contribution in [2.45, 2.75) is 6.92 Å². The molecular formula is C10H11NO2. The number of rotatable bonds is 2. The van der Waals surface area contributed by atoms with Crippen LogP contribution in [0.25, 0.3) is 5.76 Å². The number of nitrogens with two attached hydrogens (primary N) is 1. The number of hydrogen-bond acceptors (Lipinski definition) is 2. The maximum Gasteiger partial charge on any atom is 0.245 e. The molecule has 0 aliphatic rings. The number of carbonyl (C=O) groups excluding carboxylic acids is 1. The molecule has 1 rings (SSSR count). The molecule has 0 aromatic heterocycles. The summed E-state index contributed by atoms with van der Waals surface area (Å²) < 4.78 is 0. The predicted molar refractivity (Wildman–Crippen MR) is 51.0 cm³/mol. The Morgan fingerprint density at radius 2 is 2.08 bits per heavy atom. The number of carbonyl (C=O) groups is 1. The van der Waals surface area contributed by atoms with Gasteiger partial charge in [0.25, 0.3) is 0 Å². The normalized spacial score (nSPS) is 11.3. The molecule has 0 unspecified atom stereocenters. The van der Waals surface area contributed by atoms with E-state index in [0.29, 0.717) is 5.56 Å². The lowest BCUT2D eigenvalue weighted by atomic mass is 10.1. The summed E-state index contributed by atoms with van der Waals surface area (Å²) in [7, 11) is 0. The molecule has 0 aliphatic heterocycles. The van der Waals surface area contributed by atoms with Crippen molar-refractivity contribution in [3.8, 4) is 0 Å². The third kappa shape index (κ3) is 2.33. The summed E-state index contributed by atoms with van der Waals surface area (Å²) in [5.41, 5.74) is 6.43. The van der Waals surface area contributed by atoms with Crippen LogP contribution in [0, 0.1) is 6.92 Å². The fourth-order valence-electron chi connectivity index (χ4n) is 1.07. The van der Waals surface area contributed by atoms with E-state index in [4.69, 9.17) is 5.73 Å². The minimum atomic E-state index is -0.652. The fraction of sp³-hybridized carbons (Fsp3) is 0.100. The maximum atomic E-state index is 10.5. The minimum Gasteiger partial charge on any atom is -0.507 e. The predicted octanol–water partition coefficient (Wildman–Crippen LogP) is 1.38. The van der Waals surface area contributed by atoms with Crippen molar-refractivity contribution in [2.24, 2.45) is 5.73 Å². The van der Waals surface area contributed by atoms with E-state index < -0.39 is 5.91 Å². The van der Waals surface area contributed by atoms with Crippen molar-refractivity contribution in [3.05, 3.63) is 41.5 Å². The van der Waals surface area contributed by atoms with Crippen molar-refractivity contribution in [3.63, 3.8) is 0 Å². The first-order chi connectivity index (χ1) is 6.11. The van der Waals surface area contributed by atoms with Gasteiger partial charge in [0.05, 0.1) is 0 Å². The Bertz CT molecular complexity index is 356. The highest BCUT2D eigenvalue weighted by Gasteiger charge is 2.02. The molecule has 0 atom stereocenters. The summed E-state index contributed by atoms with van der Waals surface area (Å²) in [5, 5.41) is 9.43. The van der Waals surface area contributed by atoms with Gasteiger partial charge in [-0.05, 0) is 12.5 Å². The molecule has 0 saturated carbocycles. The molecule has 13 heavy (non-hydrogen) atoms. The first kappa shape index (κ1) is 9.32. The lowest BCUT2D eigenvalue weighted by molar-refractivity contribution is -0.113. The van der Waals surface area contributed by atoms with Crippen molar-refractivity contribution in [1.82, 2.24) is 0 Å². The van der Waals surface area contributed by atoms with E-state index in [1.807, 2.05) is 19.1 Å². The van der Waals surface area contributed by atoms with Gasteiger partial charge in [-0.3, -0.25) is 4.79 Å². The Balaban J connectivity index is 3.08. The van der Waals surface area contributed by atoms with Crippen molar-refractivity contribution < 1.29 is 9.90 Å². The highest BCUT2D eigenvalue weighted by molar-refractivity contribution is 5.92. The highest BCUT2D eigenvalue weighted by atomic mass is 16.3. The molecular weight excluding hydrogens is 166 g/mol. The van der Waals surface area contributed by atoms with Gasteiger partial charge < -0.3 is 10.8 Å². The van der Waals surface area contributed by atoms with Crippen LogP contribution in [0.15, 0.2) is 30.3 Å². The Labute approximate surface area is 76.5 Å². The van der Waals surface area contributed by atoms with E-state index >= 15 is 0 Å². The van der Waals surface area contributed by atoms with Crippen molar-refractivity contribution in [1.29, 1.82) is 0 Å². The lowest BCUT2D eigenvalue weighted by Crippen LogP contribution is -2.07. The Morgan fingerprint density at radius 1 is 1.46 bits per heavy atom. The molecule has 0 bridgehead atoms. The Hall–Kier alpha value is -1.77. The van der Waals surface area contributed by atoms with Gasteiger partial charge in [-0.25, -0.2) is 0 Å². The number of hydrogen-bond donors (Lipinski definition) is 2. The molecule has 0 saturated heterocycles. The Kier molecular flexibility index (Phi) is 2.69. The molecule has 3 N–H and O–H groups in total. The topological polar surface area (TPSA) is 63.3 Å². The molecule has 0 heterocycles. The van der Waals surface area contributed by atoms with Crippen LogP contribution in [0.2, 0.25) is 0 Å². The maximum absolute atomic E-state index is 10.5. The van der Waals surface area contributed by atoms with Gasteiger partial charge in [0.2, 0.25) is 5.91 Å². The van der Waals surface area contributed by atoms with E-state index in [-0.39, 0.29) is 5.76 Å². The number of primary amides is 1. The van der Waals surface area contributed by atoms with Gasteiger partial charge in [0.15, 0.2) is 0 Å². The van der Waals surface area contributed by atoms with Crippen LogP contribution in [0.5, 0.6) is 0 Å². The highest BCUT2D eigenvalue weighted by Crippen LogP contribution is 2.15. The van der Waals surface area contributed by atoms with E-state index in [0.717, 1.165) is 11.6 Å². The molecule has 0 fully saturated rings. The average Bonchev–Trinajstić information content (AvgIpc) is 2.03. The minimum absolute atomic E-state index is 0.0920.